The van der Waals surface area contributed by atoms with Gasteiger partial charge in [0.2, 0.25) is 18.3 Å². The van der Waals surface area contributed by atoms with Gasteiger partial charge in [-0.3, -0.25) is 9.59 Å². The molecule has 4 aliphatic rings. The lowest BCUT2D eigenvalue weighted by Gasteiger charge is -2.38. The summed E-state index contributed by atoms with van der Waals surface area (Å²) in [5.74, 6) is -0.946. The quantitative estimate of drug-likeness (QED) is 0.379. The average molecular weight is 466 g/mol. The van der Waals surface area contributed by atoms with Gasteiger partial charge in [0.05, 0.1) is 7.11 Å². The lowest BCUT2D eigenvalue weighted by atomic mass is 9.63. The number of Topliss-reactive ketones (excluding diaryl/α,β-unsaturated/α-hetero) is 2. The molecule has 5 rings (SSSR count). The van der Waals surface area contributed by atoms with Crippen LogP contribution in [-0.2, 0) is 29.3 Å². The molecular weight excluding hydrogens is 440 g/mol. The van der Waals surface area contributed by atoms with Crippen molar-refractivity contribution in [2.45, 2.75) is 39.2 Å². The molecule has 0 saturated carbocycles. The summed E-state index contributed by atoms with van der Waals surface area (Å²) in [4.78, 5) is 39.6. The first kappa shape index (κ1) is 22.3. The number of carbonyl (C=O) groups is 3. The van der Waals surface area contributed by atoms with E-state index in [4.69, 9.17) is 23.7 Å². The van der Waals surface area contributed by atoms with Crippen LogP contribution in [0.25, 0.3) is 0 Å². The molecule has 0 aromatic heterocycles. The van der Waals surface area contributed by atoms with Crippen LogP contribution < -0.4 is 14.2 Å². The molecule has 2 heterocycles. The summed E-state index contributed by atoms with van der Waals surface area (Å²) < 4.78 is 28.6. The molecule has 0 N–H and O–H groups in total. The van der Waals surface area contributed by atoms with Gasteiger partial charge in [-0.05, 0) is 37.5 Å². The van der Waals surface area contributed by atoms with Gasteiger partial charge in [-0.25, -0.2) is 4.79 Å². The highest BCUT2D eigenvalue weighted by atomic mass is 16.7. The van der Waals surface area contributed by atoms with Gasteiger partial charge in [0.15, 0.2) is 17.3 Å². The van der Waals surface area contributed by atoms with Crippen molar-refractivity contribution in [3.8, 4) is 17.2 Å². The fourth-order valence-electron chi connectivity index (χ4n) is 5.09. The monoisotopic (exact) mass is 466 g/mol. The van der Waals surface area contributed by atoms with Crippen molar-refractivity contribution < 1.29 is 38.1 Å². The molecule has 178 valence electrons. The van der Waals surface area contributed by atoms with Gasteiger partial charge in [-0.1, -0.05) is 26.0 Å². The van der Waals surface area contributed by atoms with Crippen molar-refractivity contribution in [2.24, 2.45) is 11.8 Å². The van der Waals surface area contributed by atoms with E-state index in [1.807, 2.05) is 19.9 Å². The molecule has 2 aliphatic carbocycles. The fourth-order valence-corrected chi connectivity index (χ4v) is 5.09. The highest BCUT2D eigenvalue weighted by molar-refractivity contribution is 6.48. The summed E-state index contributed by atoms with van der Waals surface area (Å²) in [7, 11) is 1.37. The molecule has 4 atom stereocenters. The fraction of sp³-hybridized carbons (Fsp3) is 0.423. The van der Waals surface area contributed by atoms with Crippen molar-refractivity contribution in [1.82, 2.24) is 0 Å². The van der Waals surface area contributed by atoms with Crippen molar-refractivity contribution >= 4 is 17.5 Å². The summed E-state index contributed by atoms with van der Waals surface area (Å²) in [5.41, 5.74) is 0.774. The number of hydrogen-bond acceptors (Lipinski definition) is 8. The van der Waals surface area contributed by atoms with Crippen molar-refractivity contribution in [2.75, 3.05) is 20.5 Å². The first-order chi connectivity index (χ1) is 16.2. The molecule has 8 nitrogen and oxygen atoms in total. The molecule has 1 aromatic rings. The number of benzene rings is 1. The SMILES string of the molecule is CC=C(C)C(=O)O[C@H]1c2cc3c(c4c2[C@@]2(CO4)C(=O)C(=O)C(OC)=CC2=C[C@@H](C)[C@H]1C)OCO3. The predicted molar refractivity (Wildman–Crippen MR) is 120 cm³/mol. The zero-order valence-electron chi connectivity index (χ0n) is 19.7. The Morgan fingerprint density at radius 3 is 2.65 bits per heavy atom. The third-order valence-corrected chi connectivity index (χ3v) is 7.37. The molecule has 0 radical (unpaired) electrons. The maximum absolute atomic E-state index is 13.7. The Morgan fingerprint density at radius 1 is 1.18 bits per heavy atom. The lowest BCUT2D eigenvalue weighted by Crippen LogP contribution is -2.48. The number of carbonyl (C=O) groups excluding carboxylic acids is 3. The van der Waals surface area contributed by atoms with Crippen LogP contribution in [0.1, 0.15) is 44.9 Å². The standard InChI is InChI=1S/C26H26O8/c1-6-12(2)25(29)34-21-14(4)13(3)7-15-8-17(30-5)20(27)24(28)26(15)10-31-23-19(26)16(21)9-18-22(23)33-11-32-18/h6-9,13-14,21H,10-11H2,1-5H3/t13-,14-,21-,26+/m1/s1. The third kappa shape index (κ3) is 2.87. The zero-order valence-corrected chi connectivity index (χ0v) is 19.7. The molecule has 34 heavy (non-hydrogen) atoms. The van der Waals surface area contributed by atoms with E-state index in [1.165, 1.54) is 7.11 Å². The summed E-state index contributed by atoms with van der Waals surface area (Å²) in [6.45, 7) is 7.36. The molecule has 0 fully saturated rings. The summed E-state index contributed by atoms with van der Waals surface area (Å²) >= 11 is 0. The maximum Gasteiger partial charge on any atom is 0.333 e. The number of methoxy groups -OCH3 is 1. The van der Waals surface area contributed by atoms with Gasteiger partial charge in [0.25, 0.3) is 5.78 Å². The van der Waals surface area contributed by atoms with Gasteiger partial charge in [-0.2, -0.15) is 0 Å². The van der Waals surface area contributed by atoms with E-state index in [2.05, 4.69) is 0 Å². The number of fused-ring (bicyclic) bond motifs is 2. The highest BCUT2D eigenvalue weighted by Gasteiger charge is 2.59. The molecule has 0 bridgehead atoms. The second kappa shape index (κ2) is 7.75. The second-order valence-corrected chi connectivity index (χ2v) is 9.11. The van der Waals surface area contributed by atoms with Crippen molar-refractivity contribution in [3.05, 3.63) is 52.3 Å². The Labute approximate surface area is 197 Å². The molecule has 8 heteroatoms. The van der Waals surface area contributed by atoms with E-state index in [0.717, 1.165) is 0 Å². The van der Waals surface area contributed by atoms with E-state index in [-0.39, 0.29) is 31.0 Å². The van der Waals surface area contributed by atoms with Gasteiger partial charge in [-0.15, -0.1) is 0 Å². The number of esters is 1. The first-order valence-corrected chi connectivity index (χ1v) is 11.2. The van der Waals surface area contributed by atoms with Gasteiger partial charge >= 0.3 is 5.97 Å². The van der Waals surface area contributed by atoms with Gasteiger partial charge in [0.1, 0.15) is 18.1 Å². The molecule has 1 spiro atoms. The minimum Gasteiger partial charge on any atom is -0.493 e. The lowest BCUT2D eigenvalue weighted by molar-refractivity contribution is -0.148. The summed E-state index contributed by atoms with van der Waals surface area (Å²) in [6.07, 6.45) is 4.54. The van der Waals surface area contributed by atoms with Gasteiger partial charge < -0.3 is 23.7 Å². The predicted octanol–water partition coefficient (Wildman–Crippen LogP) is 3.49. The smallest absolute Gasteiger partial charge is 0.333 e. The van der Waals surface area contributed by atoms with E-state index in [0.29, 0.717) is 39.5 Å². The normalized spacial score (nSPS) is 29.2. The zero-order chi connectivity index (χ0) is 24.4. The number of hydrogen-bond donors (Lipinski definition) is 0. The molecule has 1 aromatic carbocycles. The molecule has 2 aliphatic heterocycles. The van der Waals surface area contributed by atoms with Crippen LogP contribution in [0.3, 0.4) is 0 Å². The Morgan fingerprint density at radius 2 is 1.94 bits per heavy atom. The van der Waals surface area contributed by atoms with Crippen LogP contribution in [-0.4, -0.2) is 38.0 Å². The van der Waals surface area contributed by atoms with Crippen molar-refractivity contribution in [1.29, 1.82) is 0 Å². The van der Waals surface area contributed by atoms with E-state index < -0.39 is 29.1 Å². The minimum atomic E-state index is -1.39. The van der Waals surface area contributed by atoms with Crippen molar-refractivity contribution in [3.63, 3.8) is 0 Å². The number of ether oxygens (including phenoxy) is 5. The molecule has 0 amide bonds. The van der Waals surface area contributed by atoms with Crippen LogP contribution in [0.5, 0.6) is 17.2 Å². The van der Waals surface area contributed by atoms with E-state index >= 15 is 0 Å². The number of allylic oxidation sites excluding steroid dienone is 4. The van der Waals surface area contributed by atoms with Crippen LogP contribution >= 0.6 is 0 Å². The third-order valence-electron chi connectivity index (χ3n) is 7.37. The largest absolute Gasteiger partial charge is 0.493 e. The van der Waals surface area contributed by atoms with E-state index in [9.17, 15) is 14.4 Å². The maximum atomic E-state index is 13.7. The second-order valence-electron chi connectivity index (χ2n) is 9.11. The van der Waals surface area contributed by atoms with Crippen LogP contribution in [0.15, 0.2) is 41.2 Å². The number of ketones is 2. The van der Waals surface area contributed by atoms with Gasteiger partial charge in [0, 0.05) is 22.6 Å². The summed E-state index contributed by atoms with van der Waals surface area (Å²) in [6, 6.07) is 1.75. The van der Waals surface area contributed by atoms with Crippen LogP contribution in [0.2, 0.25) is 0 Å². The molecular formula is C26H26O8. The van der Waals surface area contributed by atoms with Crippen LogP contribution in [0.4, 0.5) is 0 Å². The highest BCUT2D eigenvalue weighted by Crippen LogP contribution is 2.59. The minimum absolute atomic E-state index is 0.00101. The Kier molecular flexibility index (Phi) is 5.07. The van der Waals surface area contributed by atoms with E-state index in [1.54, 1.807) is 32.1 Å². The van der Waals surface area contributed by atoms with Crippen LogP contribution in [0, 0.1) is 11.8 Å². The summed E-state index contributed by atoms with van der Waals surface area (Å²) in [5, 5.41) is 0. The first-order valence-electron chi connectivity index (χ1n) is 11.2. The average Bonchev–Trinajstić information content (AvgIpc) is 3.46. The number of rotatable bonds is 3. The molecule has 0 saturated heterocycles. The molecule has 0 unspecified atom stereocenters. The Bertz CT molecular complexity index is 1220. The Balaban J connectivity index is 1.82. The Hall–Kier alpha value is -3.55. The topological polar surface area (TPSA) is 97.4 Å².